The molecule has 0 saturated carbocycles. The summed E-state index contributed by atoms with van der Waals surface area (Å²) < 4.78 is 49.2. The minimum Gasteiger partial charge on any atom is -0.497 e. The number of alkyl halides is 3. The second-order valence-corrected chi connectivity index (χ2v) is 6.18. The van der Waals surface area contributed by atoms with Crippen LogP contribution in [-0.4, -0.2) is 35.9 Å². The zero-order valence-electron chi connectivity index (χ0n) is 16.2. The van der Waals surface area contributed by atoms with E-state index in [4.69, 9.17) is 4.74 Å². The lowest BCUT2D eigenvalue weighted by Crippen LogP contribution is -2.18. The van der Waals surface area contributed by atoms with Crippen LogP contribution >= 0.6 is 0 Å². The molecule has 1 aromatic heterocycles. The molecule has 0 radical (unpaired) electrons. The lowest BCUT2D eigenvalue weighted by atomic mass is 10.0. The van der Waals surface area contributed by atoms with Crippen molar-refractivity contribution in [2.24, 2.45) is 5.10 Å². The molecule has 0 bridgehead atoms. The molecule has 1 N–H and O–H groups in total. The Kier molecular flexibility index (Phi) is 5.86. The van der Waals surface area contributed by atoms with E-state index in [9.17, 15) is 18.0 Å². The Morgan fingerprint density at radius 2 is 1.80 bits per heavy atom. The molecule has 3 rings (SSSR count). The number of nitrogens with one attached hydrogen (secondary N) is 1. The SMILES string of the molecule is COC(=O)c1cnc(NN=C(C)c2ccc3cc(OC)ccc3c2)nc1C(F)(F)F. The summed E-state index contributed by atoms with van der Waals surface area (Å²) >= 11 is 0. The van der Waals surface area contributed by atoms with Gasteiger partial charge in [-0.25, -0.2) is 20.2 Å². The van der Waals surface area contributed by atoms with Gasteiger partial charge in [-0.3, -0.25) is 0 Å². The Morgan fingerprint density at radius 3 is 2.47 bits per heavy atom. The van der Waals surface area contributed by atoms with Crippen LogP contribution in [0.2, 0.25) is 0 Å². The van der Waals surface area contributed by atoms with Crippen LogP contribution in [0.3, 0.4) is 0 Å². The lowest BCUT2D eigenvalue weighted by molar-refractivity contribution is -0.141. The number of nitrogens with zero attached hydrogens (tertiary/aromatic N) is 3. The molecule has 0 saturated heterocycles. The Hall–Kier alpha value is -3.69. The Labute approximate surface area is 169 Å². The van der Waals surface area contributed by atoms with Gasteiger partial charge in [-0.2, -0.15) is 18.3 Å². The number of carbonyl (C=O) groups is 1. The number of esters is 1. The monoisotopic (exact) mass is 418 g/mol. The van der Waals surface area contributed by atoms with E-state index in [0.29, 0.717) is 5.71 Å². The van der Waals surface area contributed by atoms with Gasteiger partial charge in [-0.15, -0.1) is 0 Å². The number of hydrogen-bond acceptors (Lipinski definition) is 7. The summed E-state index contributed by atoms with van der Waals surface area (Å²) in [4.78, 5) is 18.6. The normalized spacial score (nSPS) is 12.0. The van der Waals surface area contributed by atoms with Crippen LogP contribution in [0.5, 0.6) is 5.75 Å². The molecule has 30 heavy (non-hydrogen) atoms. The molecular weight excluding hydrogens is 401 g/mol. The third-order valence-corrected chi connectivity index (χ3v) is 4.25. The van der Waals surface area contributed by atoms with Crippen LogP contribution in [-0.2, 0) is 10.9 Å². The summed E-state index contributed by atoms with van der Waals surface area (Å²) in [7, 11) is 2.56. The molecule has 0 aliphatic heterocycles. The molecule has 10 heteroatoms. The van der Waals surface area contributed by atoms with Crippen LogP contribution in [0, 0.1) is 0 Å². The first-order valence-corrected chi connectivity index (χ1v) is 8.64. The maximum Gasteiger partial charge on any atom is 0.434 e. The van der Waals surface area contributed by atoms with Crippen molar-refractivity contribution < 1.29 is 27.4 Å². The van der Waals surface area contributed by atoms with Crippen molar-refractivity contribution in [3.05, 3.63) is 59.4 Å². The number of ether oxygens (including phenoxy) is 2. The summed E-state index contributed by atoms with van der Waals surface area (Å²) in [5, 5.41) is 5.97. The first-order chi connectivity index (χ1) is 14.2. The van der Waals surface area contributed by atoms with Gasteiger partial charge in [0.05, 0.1) is 19.9 Å². The molecule has 7 nitrogen and oxygen atoms in total. The van der Waals surface area contributed by atoms with Gasteiger partial charge in [0.25, 0.3) is 0 Å². The first-order valence-electron chi connectivity index (χ1n) is 8.64. The average molecular weight is 418 g/mol. The number of aromatic nitrogens is 2. The van der Waals surface area contributed by atoms with E-state index in [2.05, 4.69) is 25.2 Å². The molecule has 0 spiro atoms. The van der Waals surface area contributed by atoms with Gasteiger partial charge in [0, 0.05) is 6.20 Å². The largest absolute Gasteiger partial charge is 0.497 e. The molecule has 0 atom stereocenters. The standard InChI is InChI=1S/C20H17F3N4O3/c1-11(12-4-5-14-9-15(29-2)7-6-13(14)8-12)26-27-19-24-10-16(18(28)30-3)17(25-19)20(21,22)23/h4-10H,1-3H3,(H,24,25,27). The van der Waals surface area contributed by atoms with Crippen LogP contribution in [0.4, 0.5) is 19.1 Å². The van der Waals surface area contributed by atoms with Crippen molar-refractivity contribution in [1.82, 2.24) is 9.97 Å². The van der Waals surface area contributed by atoms with Crippen molar-refractivity contribution in [1.29, 1.82) is 0 Å². The number of fused-ring (bicyclic) bond motifs is 1. The molecular formula is C20H17F3N4O3. The number of anilines is 1. The number of halogens is 3. The molecule has 0 unspecified atom stereocenters. The quantitative estimate of drug-likeness (QED) is 0.378. The average Bonchev–Trinajstić information content (AvgIpc) is 2.75. The highest BCUT2D eigenvalue weighted by atomic mass is 19.4. The zero-order valence-corrected chi connectivity index (χ0v) is 16.2. The van der Waals surface area contributed by atoms with E-state index in [1.165, 1.54) is 0 Å². The third kappa shape index (κ3) is 4.48. The Bertz CT molecular complexity index is 1130. The number of benzene rings is 2. The fourth-order valence-corrected chi connectivity index (χ4v) is 2.69. The Balaban J connectivity index is 1.87. The fraction of sp³-hybridized carbons (Fsp3) is 0.200. The van der Waals surface area contributed by atoms with Crippen LogP contribution in [0.15, 0.2) is 47.7 Å². The van der Waals surface area contributed by atoms with Crippen LogP contribution in [0.25, 0.3) is 10.8 Å². The van der Waals surface area contributed by atoms with Gasteiger partial charge >= 0.3 is 12.1 Å². The van der Waals surface area contributed by atoms with Gasteiger partial charge in [0.1, 0.15) is 11.3 Å². The molecule has 0 aliphatic rings. The van der Waals surface area contributed by atoms with Crippen LogP contribution in [0.1, 0.15) is 28.5 Å². The minimum absolute atomic E-state index is 0.403. The van der Waals surface area contributed by atoms with Gasteiger partial charge < -0.3 is 9.47 Å². The maximum atomic E-state index is 13.2. The molecule has 0 aliphatic carbocycles. The number of hydrazone groups is 1. The fourth-order valence-electron chi connectivity index (χ4n) is 2.69. The molecule has 2 aromatic carbocycles. The second-order valence-electron chi connectivity index (χ2n) is 6.18. The predicted octanol–water partition coefficient (Wildman–Crippen LogP) is 4.28. The van der Waals surface area contributed by atoms with Gasteiger partial charge in [-0.1, -0.05) is 18.2 Å². The van der Waals surface area contributed by atoms with E-state index in [0.717, 1.165) is 35.4 Å². The number of hydrogen-bond donors (Lipinski definition) is 1. The summed E-state index contributed by atoms with van der Waals surface area (Å²) in [6.07, 6.45) is -4.11. The van der Waals surface area contributed by atoms with Gasteiger partial charge in [0.15, 0.2) is 5.69 Å². The number of carbonyl (C=O) groups excluding carboxylic acids is 1. The number of rotatable bonds is 5. The maximum absolute atomic E-state index is 13.2. The summed E-state index contributed by atoms with van der Waals surface area (Å²) in [6.45, 7) is 1.69. The highest BCUT2D eigenvalue weighted by molar-refractivity contribution is 6.02. The van der Waals surface area contributed by atoms with Crippen molar-refractivity contribution >= 4 is 28.4 Å². The van der Waals surface area contributed by atoms with Crippen LogP contribution < -0.4 is 10.2 Å². The molecule has 0 fully saturated rings. The summed E-state index contributed by atoms with van der Waals surface area (Å²) in [6, 6.07) is 11.2. The lowest BCUT2D eigenvalue weighted by Gasteiger charge is -2.11. The van der Waals surface area contributed by atoms with Crippen molar-refractivity contribution in [3.63, 3.8) is 0 Å². The summed E-state index contributed by atoms with van der Waals surface area (Å²) in [5.41, 5.74) is 1.47. The predicted molar refractivity (Wildman–Crippen MR) is 105 cm³/mol. The van der Waals surface area contributed by atoms with E-state index in [-0.39, 0.29) is 0 Å². The van der Waals surface area contributed by atoms with Crippen molar-refractivity contribution in [2.75, 3.05) is 19.6 Å². The molecule has 3 aromatic rings. The topological polar surface area (TPSA) is 85.7 Å². The van der Waals surface area contributed by atoms with Gasteiger partial charge in [-0.05, 0) is 41.5 Å². The Morgan fingerprint density at radius 1 is 1.10 bits per heavy atom. The number of methoxy groups -OCH3 is 2. The zero-order chi connectivity index (χ0) is 21.9. The van der Waals surface area contributed by atoms with E-state index < -0.39 is 29.4 Å². The molecule has 156 valence electrons. The molecule has 1 heterocycles. The highest BCUT2D eigenvalue weighted by Crippen LogP contribution is 2.31. The second kappa shape index (κ2) is 8.36. The summed E-state index contributed by atoms with van der Waals surface area (Å²) in [5.74, 6) is -0.850. The van der Waals surface area contributed by atoms with E-state index in [1.807, 2.05) is 36.4 Å². The highest BCUT2D eigenvalue weighted by Gasteiger charge is 2.38. The van der Waals surface area contributed by atoms with E-state index >= 15 is 0 Å². The smallest absolute Gasteiger partial charge is 0.434 e. The molecule has 0 amide bonds. The van der Waals surface area contributed by atoms with E-state index in [1.54, 1.807) is 14.0 Å². The first kappa shape index (κ1) is 21.0. The van der Waals surface area contributed by atoms with Crippen molar-refractivity contribution in [3.8, 4) is 5.75 Å². The minimum atomic E-state index is -4.86. The van der Waals surface area contributed by atoms with Crippen molar-refractivity contribution in [2.45, 2.75) is 13.1 Å². The van der Waals surface area contributed by atoms with Gasteiger partial charge in [0.2, 0.25) is 5.95 Å². The third-order valence-electron chi connectivity index (χ3n) is 4.25.